The van der Waals surface area contributed by atoms with Gasteiger partial charge in [-0.15, -0.1) is 11.3 Å². The van der Waals surface area contributed by atoms with Gasteiger partial charge in [-0.25, -0.2) is 9.78 Å². The van der Waals surface area contributed by atoms with Crippen molar-refractivity contribution in [2.45, 2.75) is 19.4 Å². The first-order valence-corrected chi connectivity index (χ1v) is 5.32. The highest BCUT2D eigenvalue weighted by Gasteiger charge is 2.15. The van der Waals surface area contributed by atoms with Gasteiger partial charge in [-0.3, -0.25) is 4.79 Å². The van der Waals surface area contributed by atoms with Crippen molar-refractivity contribution in [2.75, 3.05) is 7.11 Å². The van der Waals surface area contributed by atoms with Crippen LogP contribution in [0.4, 0.5) is 0 Å². The van der Waals surface area contributed by atoms with E-state index in [1.807, 2.05) is 0 Å². The molecule has 0 radical (unpaired) electrons. The molecule has 6 heteroatoms. The predicted octanol–water partition coefficient (Wildman–Crippen LogP) is 0.363. The number of hydrogen-bond acceptors (Lipinski definition) is 5. The van der Waals surface area contributed by atoms with E-state index >= 15 is 0 Å². The summed E-state index contributed by atoms with van der Waals surface area (Å²) < 4.78 is 4.48. The molecule has 0 saturated carbocycles. The summed E-state index contributed by atoms with van der Waals surface area (Å²) in [5, 5.41) is 4.31. The van der Waals surface area contributed by atoms with Crippen molar-refractivity contribution in [1.29, 1.82) is 0 Å². The maximum atomic E-state index is 11.4. The van der Waals surface area contributed by atoms with E-state index in [9.17, 15) is 9.59 Å². The summed E-state index contributed by atoms with van der Waals surface area (Å²) in [6.07, 6.45) is 0.185. The third kappa shape index (κ3) is 3.67. The number of ether oxygens (including phenoxy) is 1. The number of hydrogen-bond donors (Lipinski definition) is 1. The lowest BCUT2D eigenvalue weighted by molar-refractivity contribution is -0.144. The molecule has 1 N–H and O–H groups in total. The van der Waals surface area contributed by atoms with Crippen molar-refractivity contribution in [1.82, 2.24) is 10.3 Å². The number of amides is 1. The second kappa shape index (κ2) is 5.45. The van der Waals surface area contributed by atoms with Crippen molar-refractivity contribution < 1.29 is 14.3 Å². The molecule has 1 rings (SSSR count). The molecule has 0 saturated heterocycles. The third-order valence-electron chi connectivity index (χ3n) is 1.76. The van der Waals surface area contributed by atoms with Crippen LogP contribution in [0.25, 0.3) is 0 Å². The van der Waals surface area contributed by atoms with Crippen LogP contribution in [-0.2, 0) is 20.7 Å². The molecule has 0 aliphatic carbocycles. The number of aromatic nitrogens is 1. The van der Waals surface area contributed by atoms with E-state index in [1.54, 1.807) is 17.8 Å². The first kappa shape index (κ1) is 11.6. The minimum absolute atomic E-state index is 0.185. The SMILES string of the molecule is COC(=O)C(C)NC(=O)Cc1cscn1. The average molecular weight is 228 g/mol. The van der Waals surface area contributed by atoms with Crippen molar-refractivity contribution in [2.24, 2.45) is 0 Å². The van der Waals surface area contributed by atoms with Crippen LogP contribution in [0.15, 0.2) is 10.9 Å². The molecule has 0 spiro atoms. The average Bonchev–Trinajstić information content (AvgIpc) is 2.68. The molecule has 1 aromatic heterocycles. The number of thiazole rings is 1. The number of carbonyl (C=O) groups is 2. The van der Waals surface area contributed by atoms with Crippen molar-refractivity contribution in [3.8, 4) is 0 Å². The maximum absolute atomic E-state index is 11.4. The maximum Gasteiger partial charge on any atom is 0.328 e. The van der Waals surface area contributed by atoms with E-state index in [1.165, 1.54) is 18.4 Å². The number of esters is 1. The van der Waals surface area contributed by atoms with Crippen molar-refractivity contribution in [3.05, 3.63) is 16.6 Å². The zero-order chi connectivity index (χ0) is 11.3. The minimum Gasteiger partial charge on any atom is -0.467 e. The molecular weight excluding hydrogens is 216 g/mol. The quantitative estimate of drug-likeness (QED) is 0.756. The summed E-state index contributed by atoms with van der Waals surface area (Å²) in [7, 11) is 1.28. The largest absolute Gasteiger partial charge is 0.467 e. The van der Waals surface area contributed by atoms with Gasteiger partial charge in [0.15, 0.2) is 0 Å². The molecule has 1 atom stereocenters. The van der Waals surface area contributed by atoms with Gasteiger partial charge >= 0.3 is 5.97 Å². The summed E-state index contributed by atoms with van der Waals surface area (Å²) in [4.78, 5) is 26.4. The Balaban J connectivity index is 2.39. The van der Waals surface area contributed by atoms with Crippen LogP contribution in [-0.4, -0.2) is 30.0 Å². The minimum atomic E-state index is -0.624. The third-order valence-corrected chi connectivity index (χ3v) is 2.39. The predicted molar refractivity (Wildman–Crippen MR) is 55.4 cm³/mol. The molecule has 82 valence electrons. The van der Waals surface area contributed by atoms with Gasteiger partial charge in [0.05, 0.1) is 24.7 Å². The van der Waals surface area contributed by atoms with E-state index in [0.29, 0.717) is 5.69 Å². The molecule has 0 aromatic carbocycles. The first-order chi connectivity index (χ1) is 7.13. The lowest BCUT2D eigenvalue weighted by Gasteiger charge is -2.10. The van der Waals surface area contributed by atoms with Gasteiger partial charge in [0, 0.05) is 5.38 Å². The highest BCUT2D eigenvalue weighted by atomic mass is 32.1. The Kier molecular flexibility index (Phi) is 4.23. The Labute approximate surface area is 91.5 Å². The van der Waals surface area contributed by atoms with E-state index in [0.717, 1.165) is 0 Å². The molecule has 1 amide bonds. The molecule has 1 unspecified atom stereocenters. The summed E-state index contributed by atoms with van der Waals surface area (Å²) in [5.41, 5.74) is 2.36. The topological polar surface area (TPSA) is 68.3 Å². The number of nitrogens with one attached hydrogen (secondary N) is 1. The smallest absolute Gasteiger partial charge is 0.328 e. The van der Waals surface area contributed by atoms with Crippen LogP contribution in [0, 0.1) is 0 Å². The van der Waals surface area contributed by atoms with Crippen molar-refractivity contribution >= 4 is 23.2 Å². The van der Waals surface area contributed by atoms with Crippen LogP contribution in [0.5, 0.6) is 0 Å². The highest BCUT2D eigenvalue weighted by molar-refractivity contribution is 7.07. The van der Waals surface area contributed by atoms with Gasteiger partial charge in [-0.2, -0.15) is 0 Å². The summed E-state index contributed by atoms with van der Waals surface area (Å²) in [6.45, 7) is 1.57. The Morgan fingerprint density at radius 3 is 2.93 bits per heavy atom. The van der Waals surface area contributed by atoms with Crippen molar-refractivity contribution in [3.63, 3.8) is 0 Å². The Morgan fingerprint density at radius 1 is 1.67 bits per heavy atom. The molecule has 15 heavy (non-hydrogen) atoms. The molecule has 0 fully saturated rings. The Morgan fingerprint density at radius 2 is 2.40 bits per heavy atom. The second-order valence-electron chi connectivity index (χ2n) is 2.97. The summed E-state index contributed by atoms with van der Waals surface area (Å²) >= 11 is 1.43. The number of rotatable bonds is 4. The number of carbonyl (C=O) groups excluding carboxylic acids is 2. The lowest BCUT2D eigenvalue weighted by Crippen LogP contribution is -2.39. The van der Waals surface area contributed by atoms with Gasteiger partial charge < -0.3 is 10.1 Å². The van der Waals surface area contributed by atoms with Gasteiger partial charge in [0.2, 0.25) is 5.91 Å². The fourth-order valence-electron chi connectivity index (χ4n) is 1.02. The Hall–Kier alpha value is -1.43. The molecule has 0 bridgehead atoms. The normalized spacial score (nSPS) is 11.9. The molecule has 1 heterocycles. The van der Waals surface area contributed by atoms with E-state index in [4.69, 9.17) is 0 Å². The highest BCUT2D eigenvalue weighted by Crippen LogP contribution is 2.01. The fraction of sp³-hybridized carbons (Fsp3) is 0.444. The van der Waals surface area contributed by atoms with Gasteiger partial charge in [0.1, 0.15) is 6.04 Å². The lowest BCUT2D eigenvalue weighted by atomic mass is 10.3. The van der Waals surface area contributed by atoms with E-state index in [-0.39, 0.29) is 12.3 Å². The van der Waals surface area contributed by atoms with Crippen LogP contribution >= 0.6 is 11.3 Å². The zero-order valence-electron chi connectivity index (χ0n) is 8.52. The number of nitrogens with zero attached hydrogens (tertiary/aromatic N) is 1. The van der Waals surface area contributed by atoms with E-state index < -0.39 is 12.0 Å². The summed E-state index contributed by atoms with van der Waals surface area (Å²) in [6, 6.07) is -0.624. The van der Waals surface area contributed by atoms with Crippen LogP contribution < -0.4 is 5.32 Å². The van der Waals surface area contributed by atoms with Crippen LogP contribution in [0.2, 0.25) is 0 Å². The standard InChI is InChI=1S/C9H12N2O3S/c1-6(9(13)14-2)11-8(12)3-7-4-15-5-10-7/h4-6H,3H2,1-2H3,(H,11,12). The number of methoxy groups -OCH3 is 1. The van der Waals surface area contributed by atoms with Gasteiger partial charge in [-0.05, 0) is 6.92 Å². The monoisotopic (exact) mass is 228 g/mol. The zero-order valence-corrected chi connectivity index (χ0v) is 9.34. The fourth-order valence-corrected chi connectivity index (χ4v) is 1.58. The van der Waals surface area contributed by atoms with Gasteiger partial charge in [0.25, 0.3) is 0 Å². The Bertz CT molecular complexity index is 337. The van der Waals surface area contributed by atoms with E-state index in [2.05, 4.69) is 15.0 Å². The first-order valence-electron chi connectivity index (χ1n) is 4.37. The van der Waals surface area contributed by atoms with Gasteiger partial charge in [-0.1, -0.05) is 0 Å². The van der Waals surface area contributed by atoms with Crippen LogP contribution in [0.1, 0.15) is 12.6 Å². The molecule has 0 aliphatic rings. The second-order valence-corrected chi connectivity index (χ2v) is 3.69. The van der Waals surface area contributed by atoms with Crippen LogP contribution in [0.3, 0.4) is 0 Å². The molecule has 1 aromatic rings. The molecule has 0 aliphatic heterocycles. The molecular formula is C9H12N2O3S. The summed E-state index contributed by atoms with van der Waals surface area (Å²) in [5.74, 6) is -0.694. The molecule has 5 nitrogen and oxygen atoms in total.